The molecule has 4 aromatic rings. The molecule has 4 rings (SSSR count). The fraction of sp³-hybridized carbons (Fsp3) is 0.273. The predicted octanol–water partition coefficient (Wildman–Crippen LogP) is 5.12. The third-order valence-corrected chi connectivity index (χ3v) is 6.90. The summed E-state index contributed by atoms with van der Waals surface area (Å²) in [6.07, 6.45) is 4.22. The Morgan fingerprint density at radius 3 is 2.84 bits per heavy atom. The SMILES string of the molecule is Cn1cc(-c2ncc(F)c(NC(CC(=O)O)C(C)(C)c3cccs3)n2)c2cc(Cl)cnc21. The van der Waals surface area contributed by atoms with Gasteiger partial charge in [0.25, 0.3) is 0 Å². The van der Waals surface area contributed by atoms with Gasteiger partial charge in [0.15, 0.2) is 17.5 Å². The quantitative estimate of drug-likeness (QED) is 0.387. The van der Waals surface area contributed by atoms with E-state index in [2.05, 4.69) is 20.3 Å². The summed E-state index contributed by atoms with van der Waals surface area (Å²) in [6.45, 7) is 3.86. The number of carbonyl (C=O) groups is 1. The van der Waals surface area contributed by atoms with Gasteiger partial charge in [-0.3, -0.25) is 4.79 Å². The molecule has 4 heterocycles. The lowest BCUT2D eigenvalue weighted by Gasteiger charge is -2.34. The molecule has 0 saturated heterocycles. The molecule has 10 heteroatoms. The molecular formula is C22H21ClFN5O2S. The Hall–Kier alpha value is -3.04. The first-order valence-electron chi connectivity index (χ1n) is 9.82. The Morgan fingerprint density at radius 1 is 1.38 bits per heavy atom. The van der Waals surface area contributed by atoms with Crippen molar-refractivity contribution in [2.45, 2.75) is 31.7 Å². The van der Waals surface area contributed by atoms with Gasteiger partial charge in [-0.25, -0.2) is 19.3 Å². The Morgan fingerprint density at radius 2 is 2.16 bits per heavy atom. The van der Waals surface area contributed by atoms with E-state index in [1.807, 2.05) is 43.0 Å². The molecule has 0 aliphatic heterocycles. The zero-order valence-corrected chi connectivity index (χ0v) is 19.2. The van der Waals surface area contributed by atoms with Gasteiger partial charge in [0, 0.05) is 46.7 Å². The summed E-state index contributed by atoms with van der Waals surface area (Å²) in [5.41, 5.74) is 0.753. The number of rotatable bonds is 7. The smallest absolute Gasteiger partial charge is 0.305 e. The van der Waals surface area contributed by atoms with E-state index in [0.717, 1.165) is 16.5 Å². The third-order valence-electron chi connectivity index (χ3n) is 5.48. The normalized spacial score (nSPS) is 12.8. The van der Waals surface area contributed by atoms with E-state index < -0.39 is 23.2 Å². The number of carboxylic acid groups (broad SMARTS) is 1. The van der Waals surface area contributed by atoms with Gasteiger partial charge in [-0.15, -0.1) is 11.3 Å². The molecule has 0 bridgehead atoms. The van der Waals surface area contributed by atoms with Crippen LogP contribution in [0.5, 0.6) is 0 Å². The van der Waals surface area contributed by atoms with Crippen molar-refractivity contribution in [3.63, 3.8) is 0 Å². The lowest BCUT2D eigenvalue weighted by molar-refractivity contribution is -0.137. The Bertz CT molecular complexity index is 1290. The van der Waals surface area contributed by atoms with Crippen molar-refractivity contribution in [3.8, 4) is 11.4 Å². The van der Waals surface area contributed by atoms with E-state index >= 15 is 0 Å². The Balaban J connectivity index is 1.75. The zero-order chi connectivity index (χ0) is 23.0. The second-order valence-electron chi connectivity index (χ2n) is 8.06. The first kappa shape index (κ1) is 22.2. The fourth-order valence-corrected chi connectivity index (χ4v) is 4.72. The minimum Gasteiger partial charge on any atom is -0.481 e. The molecule has 0 aliphatic carbocycles. The first-order chi connectivity index (χ1) is 15.2. The largest absolute Gasteiger partial charge is 0.481 e. The second kappa shape index (κ2) is 8.48. The van der Waals surface area contributed by atoms with Gasteiger partial charge >= 0.3 is 5.97 Å². The van der Waals surface area contributed by atoms with Crippen LogP contribution in [-0.2, 0) is 17.3 Å². The van der Waals surface area contributed by atoms with Gasteiger partial charge < -0.3 is 15.0 Å². The molecule has 2 N–H and O–H groups in total. The van der Waals surface area contributed by atoms with Crippen molar-refractivity contribution in [3.05, 3.63) is 57.9 Å². The van der Waals surface area contributed by atoms with E-state index in [1.54, 1.807) is 18.5 Å². The maximum Gasteiger partial charge on any atom is 0.305 e. The van der Waals surface area contributed by atoms with Gasteiger partial charge in [0.1, 0.15) is 5.65 Å². The van der Waals surface area contributed by atoms with E-state index in [0.29, 0.717) is 16.2 Å². The molecule has 0 amide bonds. The maximum absolute atomic E-state index is 14.7. The first-order valence-corrected chi connectivity index (χ1v) is 11.1. The highest BCUT2D eigenvalue weighted by Gasteiger charge is 2.35. The van der Waals surface area contributed by atoms with Crippen molar-refractivity contribution < 1.29 is 14.3 Å². The van der Waals surface area contributed by atoms with E-state index in [-0.39, 0.29) is 18.1 Å². The van der Waals surface area contributed by atoms with Crippen LogP contribution < -0.4 is 5.32 Å². The Labute approximate surface area is 192 Å². The molecule has 1 unspecified atom stereocenters. The number of aryl methyl sites for hydroxylation is 1. The van der Waals surface area contributed by atoms with Crippen molar-refractivity contribution in [2.75, 3.05) is 5.32 Å². The number of aromatic nitrogens is 4. The number of hydrogen-bond acceptors (Lipinski definition) is 6. The molecule has 4 aromatic heterocycles. The number of nitrogens with zero attached hydrogens (tertiary/aromatic N) is 4. The van der Waals surface area contributed by atoms with Crippen LogP contribution >= 0.6 is 22.9 Å². The molecule has 0 saturated carbocycles. The molecule has 0 radical (unpaired) electrons. The summed E-state index contributed by atoms with van der Waals surface area (Å²) < 4.78 is 16.5. The molecule has 1 atom stereocenters. The molecular weight excluding hydrogens is 453 g/mol. The summed E-state index contributed by atoms with van der Waals surface area (Å²) in [5, 5.41) is 15.6. The molecule has 32 heavy (non-hydrogen) atoms. The molecule has 0 aromatic carbocycles. The highest BCUT2D eigenvalue weighted by atomic mass is 35.5. The van der Waals surface area contributed by atoms with Gasteiger partial charge in [0.2, 0.25) is 0 Å². The van der Waals surface area contributed by atoms with Crippen LogP contribution in [0, 0.1) is 5.82 Å². The van der Waals surface area contributed by atoms with Crippen LogP contribution in [-0.4, -0.2) is 36.6 Å². The lowest BCUT2D eigenvalue weighted by Crippen LogP contribution is -2.41. The molecule has 0 fully saturated rings. The Kier molecular flexibility index (Phi) is 5.87. The van der Waals surface area contributed by atoms with Gasteiger partial charge in [0.05, 0.1) is 17.6 Å². The van der Waals surface area contributed by atoms with Gasteiger partial charge in [-0.2, -0.15) is 0 Å². The topological polar surface area (TPSA) is 92.9 Å². The average molecular weight is 474 g/mol. The number of aliphatic carboxylic acids is 1. The number of anilines is 1. The van der Waals surface area contributed by atoms with Crippen LogP contribution in [0.4, 0.5) is 10.2 Å². The number of hydrogen-bond donors (Lipinski definition) is 2. The number of pyridine rings is 1. The van der Waals surface area contributed by atoms with Crippen molar-refractivity contribution in [1.29, 1.82) is 0 Å². The number of fused-ring (bicyclic) bond motifs is 1. The summed E-state index contributed by atoms with van der Waals surface area (Å²) in [4.78, 5) is 25.5. The average Bonchev–Trinajstić information content (AvgIpc) is 3.38. The van der Waals surface area contributed by atoms with E-state index in [1.165, 1.54) is 11.3 Å². The standard InChI is InChI=1S/C22H21ClFN5O2S/c1-22(2,17-5-4-6-32-17)16(8-18(30)31)27-20-15(24)10-25-19(28-20)14-11-29(3)21-13(14)7-12(23)9-26-21/h4-7,9-11,16H,8H2,1-3H3,(H,30,31)(H,25,27,28). The van der Waals surface area contributed by atoms with Gasteiger partial charge in [-0.1, -0.05) is 31.5 Å². The van der Waals surface area contributed by atoms with Crippen molar-refractivity contribution >= 4 is 45.8 Å². The predicted molar refractivity (Wildman–Crippen MR) is 124 cm³/mol. The minimum absolute atomic E-state index is 0.0575. The highest BCUT2D eigenvalue weighted by Crippen LogP contribution is 2.35. The molecule has 0 aliphatic rings. The van der Waals surface area contributed by atoms with Gasteiger partial charge in [-0.05, 0) is 17.5 Å². The van der Waals surface area contributed by atoms with Crippen LogP contribution in [0.15, 0.2) is 42.2 Å². The molecule has 7 nitrogen and oxygen atoms in total. The molecule has 0 spiro atoms. The summed E-state index contributed by atoms with van der Waals surface area (Å²) >= 11 is 7.64. The zero-order valence-electron chi connectivity index (χ0n) is 17.6. The monoisotopic (exact) mass is 473 g/mol. The van der Waals surface area contributed by atoms with Crippen molar-refractivity contribution in [1.82, 2.24) is 19.5 Å². The van der Waals surface area contributed by atoms with Crippen LogP contribution in [0.25, 0.3) is 22.4 Å². The van der Waals surface area contributed by atoms with E-state index in [9.17, 15) is 14.3 Å². The number of nitrogens with one attached hydrogen (secondary N) is 1. The maximum atomic E-state index is 14.7. The molecule has 166 valence electrons. The summed E-state index contributed by atoms with van der Waals surface area (Å²) in [5.74, 6) is -1.43. The van der Waals surface area contributed by atoms with Crippen molar-refractivity contribution in [2.24, 2.45) is 7.05 Å². The third kappa shape index (κ3) is 4.18. The number of thiophene rings is 1. The second-order valence-corrected chi connectivity index (χ2v) is 9.45. The lowest BCUT2D eigenvalue weighted by atomic mass is 9.81. The van der Waals surface area contributed by atoms with Crippen LogP contribution in [0.1, 0.15) is 25.1 Å². The summed E-state index contributed by atoms with van der Waals surface area (Å²) in [7, 11) is 1.84. The van der Waals surface area contributed by atoms with Crippen LogP contribution in [0.3, 0.4) is 0 Å². The fourth-order valence-electron chi connectivity index (χ4n) is 3.66. The number of halogens is 2. The summed E-state index contributed by atoms with van der Waals surface area (Å²) in [6, 6.07) is 4.99. The number of carboxylic acids is 1. The highest BCUT2D eigenvalue weighted by molar-refractivity contribution is 7.10. The minimum atomic E-state index is -0.989. The van der Waals surface area contributed by atoms with E-state index in [4.69, 9.17) is 11.6 Å². The van der Waals surface area contributed by atoms with Crippen LogP contribution in [0.2, 0.25) is 5.02 Å².